The third-order valence-corrected chi connectivity index (χ3v) is 1.90. The summed E-state index contributed by atoms with van der Waals surface area (Å²) in [7, 11) is -2.84. The third kappa shape index (κ3) is 1.15. The van der Waals surface area contributed by atoms with Crippen molar-refractivity contribution in [2.24, 2.45) is 0 Å². The summed E-state index contributed by atoms with van der Waals surface area (Å²) in [5.74, 6) is -2.06. The van der Waals surface area contributed by atoms with Crippen LogP contribution < -0.4 is 5.32 Å². The zero-order valence-electron chi connectivity index (χ0n) is 5.07. The van der Waals surface area contributed by atoms with Crippen molar-refractivity contribution in [1.29, 1.82) is 0 Å². The van der Waals surface area contributed by atoms with Crippen LogP contribution in [-0.4, -0.2) is 36.3 Å². The van der Waals surface area contributed by atoms with Crippen LogP contribution in [-0.2, 0) is 19.9 Å². The number of aliphatic hydroxyl groups is 1. The van der Waals surface area contributed by atoms with Gasteiger partial charge in [-0.15, -0.1) is 0 Å². The van der Waals surface area contributed by atoms with E-state index in [1.54, 1.807) is 5.32 Å². The fourth-order valence-electron chi connectivity index (χ4n) is 0.652. The number of hydrogen-bond acceptors (Lipinski definition) is 5. The SMILES string of the molecule is O=C1NC(=O)C(O)C1=S(=O)=O. The fraction of sp³-hybridized carbons (Fsp3) is 0.250. The number of amides is 2. The van der Waals surface area contributed by atoms with Crippen LogP contribution in [0.25, 0.3) is 0 Å². The lowest BCUT2D eigenvalue weighted by Gasteiger charge is -1.89. The topological polar surface area (TPSA) is 101 Å². The number of carbonyl (C=O) groups is 2. The monoisotopic (exact) mass is 177 g/mol. The third-order valence-electron chi connectivity index (χ3n) is 1.14. The second-order valence-electron chi connectivity index (χ2n) is 1.82. The van der Waals surface area contributed by atoms with Crippen molar-refractivity contribution in [3.05, 3.63) is 0 Å². The maximum atomic E-state index is 10.5. The predicted molar refractivity (Wildman–Crippen MR) is 33.1 cm³/mol. The average molecular weight is 177 g/mol. The molecule has 0 saturated carbocycles. The van der Waals surface area contributed by atoms with E-state index in [2.05, 4.69) is 0 Å². The average Bonchev–Trinajstić information content (AvgIpc) is 2.07. The van der Waals surface area contributed by atoms with Crippen molar-refractivity contribution < 1.29 is 23.1 Å². The molecule has 0 aromatic heterocycles. The Bertz CT molecular complexity index is 345. The molecule has 2 N–H and O–H groups in total. The maximum Gasteiger partial charge on any atom is 0.272 e. The number of carbonyl (C=O) groups excluding carboxylic acids is 2. The smallest absolute Gasteiger partial charge is 0.272 e. The van der Waals surface area contributed by atoms with Crippen LogP contribution in [0.3, 0.4) is 0 Å². The molecule has 0 spiro atoms. The standard InChI is InChI=1S/C4H3NO5S/c6-1-2(11(9)10)4(8)5-3(1)7/h1,6H,(H,5,7,8). The first-order valence-electron chi connectivity index (χ1n) is 2.53. The minimum atomic E-state index is -2.84. The minimum absolute atomic E-state index is 0.824. The summed E-state index contributed by atoms with van der Waals surface area (Å²) in [6.07, 6.45) is -1.85. The molecule has 1 atom stereocenters. The Kier molecular flexibility index (Phi) is 1.75. The Labute approximate surface area is 62.4 Å². The van der Waals surface area contributed by atoms with Crippen molar-refractivity contribution in [3.8, 4) is 0 Å². The summed E-state index contributed by atoms with van der Waals surface area (Å²) >= 11 is 0. The molecule has 1 heterocycles. The van der Waals surface area contributed by atoms with E-state index in [1.165, 1.54) is 0 Å². The summed E-state index contributed by atoms with van der Waals surface area (Å²) in [5, 5.41) is 10.4. The Hall–Kier alpha value is -1.21. The number of rotatable bonds is 0. The molecule has 1 aliphatic rings. The fourth-order valence-corrected chi connectivity index (χ4v) is 1.14. The number of aliphatic hydroxyl groups excluding tert-OH is 1. The molecule has 11 heavy (non-hydrogen) atoms. The Morgan fingerprint density at radius 1 is 1.36 bits per heavy atom. The van der Waals surface area contributed by atoms with E-state index in [-0.39, 0.29) is 0 Å². The van der Waals surface area contributed by atoms with E-state index in [1.807, 2.05) is 0 Å². The molecular formula is C4H3NO5S. The molecule has 6 nitrogen and oxygen atoms in total. The Morgan fingerprint density at radius 3 is 2.09 bits per heavy atom. The molecule has 7 heteroatoms. The highest BCUT2D eigenvalue weighted by atomic mass is 32.2. The summed E-state index contributed by atoms with van der Waals surface area (Å²) in [5.41, 5.74) is 0. The second kappa shape index (κ2) is 2.44. The molecule has 0 aromatic carbocycles. The molecule has 0 radical (unpaired) electrons. The van der Waals surface area contributed by atoms with Crippen molar-refractivity contribution >= 4 is 27.0 Å². The van der Waals surface area contributed by atoms with Crippen LogP contribution in [0.5, 0.6) is 0 Å². The van der Waals surface area contributed by atoms with Gasteiger partial charge in [0.05, 0.1) is 0 Å². The van der Waals surface area contributed by atoms with Crippen molar-refractivity contribution in [1.82, 2.24) is 5.32 Å². The first kappa shape index (κ1) is 7.89. The molecule has 0 aliphatic carbocycles. The number of imide groups is 1. The normalized spacial score (nSPS) is 23.7. The molecule has 60 valence electrons. The van der Waals surface area contributed by atoms with E-state index in [4.69, 9.17) is 5.11 Å². The van der Waals surface area contributed by atoms with Gasteiger partial charge >= 0.3 is 0 Å². The van der Waals surface area contributed by atoms with Crippen LogP contribution in [0.1, 0.15) is 0 Å². The van der Waals surface area contributed by atoms with Gasteiger partial charge in [0.25, 0.3) is 11.8 Å². The van der Waals surface area contributed by atoms with Gasteiger partial charge in [0, 0.05) is 0 Å². The molecular weight excluding hydrogens is 174 g/mol. The summed E-state index contributed by atoms with van der Waals surface area (Å²) in [6, 6.07) is 0. The molecule has 1 fully saturated rings. The highest BCUT2D eigenvalue weighted by molar-refractivity contribution is 7.75. The Morgan fingerprint density at radius 2 is 1.91 bits per heavy atom. The summed E-state index contributed by atoms with van der Waals surface area (Å²) in [4.78, 5) is 20.1. The molecule has 0 aromatic rings. The zero-order valence-corrected chi connectivity index (χ0v) is 5.88. The van der Waals surface area contributed by atoms with E-state index in [0.717, 1.165) is 0 Å². The van der Waals surface area contributed by atoms with Gasteiger partial charge in [-0.1, -0.05) is 0 Å². The molecule has 1 unspecified atom stereocenters. The van der Waals surface area contributed by atoms with Gasteiger partial charge in [0.1, 0.15) is 0 Å². The van der Waals surface area contributed by atoms with E-state index in [9.17, 15) is 18.0 Å². The van der Waals surface area contributed by atoms with E-state index >= 15 is 0 Å². The molecule has 0 bridgehead atoms. The van der Waals surface area contributed by atoms with Crippen LogP contribution in [0.2, 0.25) is 0 Å². The van der Waals surface area contributed by atoms with Crippen LogP contribution in [0.15, 0.2) is 0 Å². The Balaban J connectivity index is 3.30. The van der Waals surface area contributed by atoms with Crippen LogP contribution in [0.4, 0.5) is 0 Å². The lowest BCUT2D eigenvalue weighted by Crippen LogP contribution is -2.24. The van der Waals surface area contributed by atoms with Crippen LogP contribution in [0, 0.1) is 0 Å². The highest BCUT2D eigenvalue weighted by Gasteiger charge is 2.37. The summed E-state index contributed by atoms with van der Waals surface area (Å²) in [6.45, 7) is 0. The van der Waals surface area contributed by atoms with Gasteiger partial charge in [-0.25, -0.2) is 0 Å². The van der Waals surface area contributed by atoms with E-state index in [0.29, 0.717) is 0 Å². The summed E-state index contributed by atoms with van der Waals surface area (Å²) < 4.78 is 20.3. The van der Waals surface area contributed by atoms with Gasteiger partial charge in [-0.05, 0) is 0 Å². The quantitative estimate of drug-likeness (QED) is 0.304. The van der Waals surface area contributed by atoms with Gasteiger partial charge in [-0.3, -0.25) is 14.9 Å². The van der Waals surface area contributed by atoms with E-state index < -0.39 is 33.1 Å². The minimum Gasteiger partial charge on any atom is -0.377 e. The van der Waals surface area contributed by atoms with Crippen molar-refractivity contribution in [3.63, 3.8) is 0 Å². The zero-order chi connectivity index (χ0) is 8.59. The van der Waals surface area contributed by atoms with Gasteiger partial charge in [-0.2, -0.15) is 8.42 Å². The molecule has 1 saturated heterocycles. The highest BCUT2D eigenvalue weighted by Crippen LogP contribution is 1.96. The second-order valence-corrected chi connectivity index (χ2v) is 2.73. The van der Waals surface area contributed by atoms with Gasteiger partial charge in [0.15, 0.2) is 11.0 Å². The largest absolute Gasteiger partial charge is 0.377 e. The number of hydrogen-bond donors (Lipinski definition) is 2. The van der Waals surface area contributed by atoms with Gasteiger partial charge in [0.2, 0.25) is 10.3 Å². The van der Waals surface area contributed by atoms with Crippen molar-refractivity contribution in [2.75, 3.05) is 0 Å². The maximum absolute atomic E-state index is 10.5. The number of nitrogens with one attached hydrogen (secondary N) is 1. The van der Waals surface area contributed by atoms with Gasteiger partial charge < -0.3 is 5.11 Å². The predicted octanol–water partition coefficient (Wildman–Crippen LogP) is -2.94. The molecule has 1 rings (SSSR count). The molecule has 1 aliphatic heterocycles. The first-order chi connectivity index (χ1) is 5.04. The lowest BCUT2D eigenvalue weighted by atomic mass is 10.3. The van der Waals surface area contributed by atoms with Crippen molar-refractivity contribution in [2.45, 2.75) is 6.10 Å². The first-order valence-corrected chi connectivity index (χ1v) is 3.61. The lowest BCUT2D eigenvalue weighted by molar-refractivity contribution is -0.127. The molecule has 2 amide bonds. The van der Waals surface area contributed by atoms with Crippen LogP contribution >= 0.6 is 0 Å².